The van der Waals surface area contributed by atoms with Crippen LogP contribution < -0.4 is 4.74 Å². The van der Waals surface area contributed by atoms with Crippen molar-refractivity contribution in [2.45, 2.75) is 13.3 Å². The standard InChI is InChI=1S/C17H25NO6/c1-3-24-16(20)8-9-18(10-12-23-13-11-19)17(21)14-6-4-5-7-15(14)22-2/h4-7,19H,3,8-13H2,1-2H3. The fourth-order valence-electron chi connectivity index (χ4n) is 2.11. The van der Waals surface area contributed by atoms with Crippen molar-refractivity contribution in [2.75, 3.05) is 46.6 Å². The molecule has 1 N–H and O–H groups in total. The van der Waals surface area contributed by atoms with Gasteiger partial charge in [-0.1, -0.05) is 12.1 Å². The number of carbonyl (C=O) groups is 2. The molecule has 0 unspecified atom stereocenters. The second-order valence-electron chi connectivity index (χ2n) is 4.88. The average molecular weight is 339 g/mol. The summed E-state index contributed by atoms with van der Waals surface area (Å²) in [7, 11) is 1.50. The van der Waals surface area contributed by atoms with Crippen molar-refractivity contribution in [1.29, 1.82) is 0 Å². The molecule has 0 aliphatic heterocycles. The Hall–Kier alpha value is -2.12. The molecule has 0 aromatic heterocycles. The number of aliphatic hydroxyl groups excluding tert-OH is 1. The van der Waals surface area contributed by atoms with Crippen LogP contribution in [0.3, 0.4) is 0 Å². The predicted octanol–water partition coefficient (Wildman–Crippen LogP) is 1.10. The number of hydrogen-bond acceptors (Lipinski definition) is 6. The Kier molecular flexibility index (Phi) is 9.48. The first-order valence-corrected chi connectivity index (χ1v) is 7.90. The van der Waals surface area contributed by atoms with Crippen molar-refractivity contribution in [3.8, 4) is 5.75 Å². The molecule has 7 heteroatoms. The van der Waals surface area contributed by atoms with Gasteiger partial charge in [0.25, 0.3) is 5.91 Å². The minimum atomic E-state index is -0.355. The second kappa shape index (κ2) is 11.4. The van der Waals surface area contributed by atoms with Crippen molar-refractivity contribution < 1.29 is 28.9 Å². The Balaban J connectivity index is 2.77. The summed E-state index contributed by atoms with van der Waals surface area (Å²) in [5.74, 6) is -0.129. The quantitative estimate of drug-likeness (QED) is 0.480. The molecule has 0 aliphatic carbocycles. The number of aliphatic hydroxyl groups is 1. The van der Waals surface area contributed by atoms with Gasteiger partial charge in [0.1, 0.15) is 5.75 Å². The maximum absolute atomic E-state index is 12.7. The van der Waals surface area contributed by atoms with Crippen molar-refractivity contribution in [3.63, 3.8) is 0 Å². The van der Waals surface area contributed by atoms with E-state index in [4.69, 9.17) is 19.3 Å². The lowest BCUT2D eigenvalue weighted by Crippen LogP contribution is -2.36. The Morgan fingerprint density at radius 1 is 1.17 bits per heavy atom. The molecule has 1 aromatic rings. The smallest absolute Gasteiger partial charge is 0.307 e. The van der Waals surface area contributed by atoms with Crippen LogP contribution in [0, 0.1) is 0 Å². The number of rotatable bonds is 11. The molecule has 7 nitrogen and oxygen atoms in total. The molecular weight excluding hydrogens is 314 g/mol. The first kappa shape index (κ1) is 19.9. The topological polar surface area (TPSA) is 85.3 Å². The van der Waals surface area contributed by atoms with Crippen LogP contribution in [0.5, 0.6) is 5.75 Å². The maximum atomic E-state index is 12.7. The first-order chi connectivity index (χ1) is 11.6. The molecule has 0 saturated carbocycles. The van der Waals surface area contributed by atoms with Crippen LogP contribution in [0.15, 0.2) is 24.3 Å². The highest BCUT2D eigenvalue weighted by molar-refractivity contribution is 5.97. The van der Waals surface area contributed by atoms with E-state index in [0.29, 0.717) is 24.5 Å². The molecule has 0 heterocycles. The minimum absolute atomic E-state index is 0.0801. The molecule has 1 amide bonds. The summed E-state index contributed by atoms with van der Waals surface area (Å²) >= 11 is 0. The van der Waals surface area contributed by atoms with Gasteiger partial charge in [-0.25, -0.2) is 0 Å². The number of amides is 1. The van der Waals surface area contributed by atoms with Crippen molar-refractivity contribution in [2.24, 2.45) is 0 Å². The SMILES string of the molecule is CCOC(=O)CCN(CCOCCO)C(=O)c1ccccc1OC. The Morgan fingerprint density at radius 2 is 1.92 bits per heavy atom. The number of carbonyl (C=O) groups excluding carboxylic acids is 2. The third kappa shape index (κ3) is 6.55. The first-order valence-electron chi connectivity index (χ1n) is 7.90. The summed E-state index contributed by atoms with van der Waals surface area (Å²) in [6.07, 6.45) is 0.106. The van der Waals surface area contributed by atoms with Crippen molar-refractivity contribution in [1.82, 2.24) is 4.90 Å². The number of methoxy groups -OCH3 is 1. The zero-order valence-corrected chi connectivity index (χ0v) is 14.2. The van der Waals surface area contributed by atoms with E-state index in [1.807, 2.05) is 0 Å². The van der Waals surface area contributed by atoms with Crippen LogP contribution in [0.1, 0.15) is 23.7 Å². The summed E-state index contributed by atoms with van der Waals surface area (Å²) in [6, 6.07) is 6.91. The fraction of sp³-hybridized carbons (Fsp3) is 0.529. The van der Waals surface area contributed by atoms with Gasteiger partial charge in [-0.3, -0.25) is 9.59 Å². The molecule has 0 radical (unpaired) electrons. The Bertz CT molecular complexity index is 520. The molecule has 0 atom stereocenters. The zero-order chi connectivity index (χ0) is 17.8. The van der Waals surface area contributed by atoms with Gasteiger partial charge in [-0.2, -0.15) is 0 Å². The van der Waals surface area contributed by atoms with Gasteiger partial charge < -0.3 is 24.2 Å². The predicted molar refractivity (Wildman–Crippen MR) is 88.1 cm³/mol. The maximum Gasteiger partial charge on any atom is 0.307 e. The van der Waals surface area contributed by atoms with Crippen LogP contribution in [0.25, 0.3) is 0 Å². The van der Waals surface area contributed by atoms with E-state index in [1.165, 1.54) is 12.0 Å². The minimum Gasteiger partial charge on any atom is -0.496 e. The molecule has 24 heavy (non-hydrogen) atoms. The third-order valence-corrected chi connectivity index (χ3v) is 3.26. The monoisotopic (exact) mass is 339 g/mol. The summed E-state index contributed by atoms with van der Waals surface area (Å²) in [6.45, 7) is 2.95. The molecule has 0 aliphatic rings. The molecule has 0 spiro atoms. The zero-order valence-electron chi connectivity index (χ0n) is 14.2. The van der Waals surface area contributed by atoms with Gasteiger partial charge >= 0.3 is 5.97 Å². The lowest BCUT2D eigenvalue weighted by Gasteiger charge is -2.23. The van der Waals surface area contributed by atoms with E-state index in [0.717, 1.165) is 0 Å². The largest absolute Gasteiger partial charge is 0.496 e. The molecule has 0 bridgehead atoms. The van der Waals surface area contributed by atoms with Gasteiger partial charge in [-0.15, -0.1) is 0 Å². The highest BCUT2D eigenvalue weighted by Crippen LogP contribution is 2.19. The summed E-state index contributed by atoms with van der Waals surface area (Å²) in [4.78, 5) is 25.8. The van der Waals surface area contributed by atoms with Crippen LogP contribution >= 0.6 is 0 Å². The van der Waals surface area contributed by atoms with Crippen LogP contribution in [-0.4, -0.2) is 68.5 Å². The molecule has 1 rings (SSSR count). The van der Waals surface area contributed by atoms with E-state index in [9.17, 15) is 9.59 Å². The molecular formula is C17H25NO6. The van der Waals surface area contributed by atoms with Gasteiger partial charge in [-0.05, 0) is 19.1 Å². The van der Waals surface area contributed by atoms with E-state index in [2.05, 4.69) is 0 Å². The highest BCUT2D eigenvalue weighted by Gasteiger charge is 2.20. The molecule has 0 saturated heterocycles. The van der Waals surface area contributed by atoms with Crippen LogP contribution in [0.2, 0.25) is 0 Å². The lowest BCUT2D eigenvalue weighted by molar-refractivity contribution is -0.143. The van der Waals surface area contributed by atoms with Crippen LogP contribution in [0.4, 0.5) is 0 Å². The number of esters is 1. The number of ether oxygens (including phenoxy) is 3. The Labute approximate surface area is 142 Å². The van der Waals surface area contributed by atoms with E-state index in [1.54, 1.807) is 31.2 Å². The normalized spacial score (nSPS) is 10.3. The Morgan fingerprint density at radius 3 is 2.58 bits per heavy atom. The lowest BCUT2D eigenvalue weighted by atomic mass is 10.1. The number of para-hydroxylation sites is 1. The molecule has 134 valence electrons. The molecule has 0 fully saturated rings. The van der Waals surface area contributed by atoms with E-state index in [-0.39, 0.29) is 44.7 Å². The van der Waals surface area contributed by atoms with Gasteiger partial charge in [0.15, 0.2) is 0 Å². The van der Waals surface area contributed by atoms with Crippen molar-refractivity contribution in [3.05, 3.63) is 29.8 Å². The van der Waals surface area contributed by atoms with Gasteiger partial charge in [0.05, 0.1) is 45.5 Å². The summed E-state index contributed by atoms with van der Waals surface area (Å²) in [5.41, 5.74) is 0.422. The summed E-state index contributed by atoms with van der Waals surface area (Å²) < 4.78 is 15.3. The summed E-state index contributed by atoms with van der Waals surface area (Å²) in [5, 5.41) is 8.74. The van der Waals surface area contributed by atoms with E-state index >= 15 is 0 Å². The fourth-order valence-corrected chi connectivity index (χ4v) is 2.11. The van der Waals surface area contributed by atoms with E-state index < -0.39 is 0 Å². The highest BCUT2D eigenvalue weighted by atomic mass is 16.5. The third-order valence-electron chi connectivity index (χ3n) is 3.26. The number of hydrogen-bond donors (Lipinski definition) is 1. The number of benzene rings is 1. The second-order valence-corrected chi connectivity index (χ2v) is 4.88. The molecule has 1 aromatic carbocycles. The average Bonchev–Trinajstić information content (AvgIpc) is 2.60. The number of nitrogens with zero attached hydrogens (tertiary/aromatic N) is 1. The van der Waals surface area contributed by atoms with Crippen LogP contribution in [-0.2, 0) is 14.3 Å². The van der Waals surface area contributed by atoms with Gasteiger partial charge in [0.2, 0.25) is 0 Å². The van der Waals surface area contributed by atoms with Gasteiger partial charge in [0, 0.05) is 13.1 Å². The van der Waals surface area contributed by atoms with Crippen molar-refractivity contribution >= 4 is 11.9 Å².